The zero-order chi connectivity index (χ0) is 19.5. The van der Waals surface area contributed by atoms with Crippen LogP contribution in [-0.4, -0.2) is 30.6 Å². The number of carbonyl (C=O) groups is 1. The van der Waals surface area contributed by atoms with E-state index in [0.717, 1.165) is 41.0 Å². The van der Waals surface area contributed by atoms with Gasteiger partial charge >= 0.3 is 5.97 Å². The molecule has 2 aromatic carbocycles. The summed E-state index contributed by atoms with van der Waals surface area (Å²) in [7, 11) is 0. The third kappa shape index (κ3) is 3.36. The lowest BCUT2D eigenvalue weighted by atomic mass is 9.99. The molecule has 140 valence electrons. The fourth-order valence-electron chi connectivity index (χ4n) is 3.40. The van der Waals surface area contributed by atoms with Gasteiger partial charge in [-0.05, 0) is 29.2 Å². The SMILES string of the molecule is CCCc1nc2cncnc2n1Cc1ccc(-c2ccccc2C(=O)O)cc1. The number of aromatic carboxylic acids is 1. The lowest BCUT2D eigenvalue weighted by Gasteiger charge is -2.10. The maximum absolute atomic E-state index is 11.5. The fraction of sp³-hybridized carbons (Fsp3) is 0.182. The zero-order valence-electron chi connectivity index (χ0n) is 15.5. The minimum atomic E-state index is -0.923. The minimum Gasteiger partial charge on any atom is -0.478 e. The van der Waals surface area contributed by atoms with Gasteiger partial charge in [-0.15, -0.1) is 0 Å². The molecule has 0 aliphatic carbocycles. The van der Waals surface area contributed by atoms with E-state index in [1.807, 2.05) is 36.4 Å². The molecule has 0 amide bonds. The molecule has 0 radical (unpaired) electrons. The van der Waals surface area contributed by atoms with Gasteiger partial charge in [-0.2, -0.15) is 0 Å². The second-order valence-corrected chi connectivity index (χ2v) is 6.64. The molecule has 6 heteroatoms. The van der Waals surface area contributed by atoms with Gasteiger partial charge in [-0.1, -0.05) is 49.4 Å². The highest BCUT2D eigenvalue weighted by Crippen LogP contribution is 2.25. The van der Waals surface area contributed by atoms with Crippen molar-refractivity contribution in [2.45, 2.75) is 26.3 Å². The molecule has 0 atom stereocenters. The molecular weight excluding hydrogens is 352 g/mol. The number of carboxylic acid groups (broad SMARTS) is 1. The van der Waals surface area contributed by atoms with Crippen LogP contribution in [0.15, 0.2) is 61.1 Å². The van der Waals surface area contributed by atoms with Crippen LogP contribution in [0.1, 0.15) is 35.1 Å². The smallest absolute Gasteiger partial charge is 0.336 e. The van der Waals surface area contributed by atoms with Gasteiger partial charge in [0.15, 0.2) is 5.65 Å². The van der Waals surface area contributed by atoms with Crippen molar-refractivity contribution in [3.05, 3.63) is 78.0 Å². The number of fused-ring (bicyclic) bond motifs is 1. The van der Waals surface area contributed by atoms with Crippen molar-refractivity contribution >= 4 is 17.1 Å². The van der Waals surface area contributed by atoms with Crippen molar-refractivity contribution in [3.8, 4) is 11.1 Å². The van der Waals surface area contributed by atoms with Crippen molar-refractivity contribution in [1.82, 2.24) is 19.5 Å². The van der Waals surface area contributed by atoms with Gasteiger partial charge in [0.05, 0.1) is 18.3 Å². The summed E-state index contributed by atoms with van der Waals surface area (Å²) in [5.41, 5.74) is 4.64. The van der Waals surface area contributed by atoms with Crippen molar-refractivity contribution in [1.29, 1.82) is 0 Å². The van der Waals surface area contributed by atoms with Crippen molar-refractivity contribution in [3.63, 3.8) is 0 Å². The molecule has 0 spiro atoms. The van der Waals surface area contributed by atoms with Crippen molar-refractivity contribution < 1.29 is 9.90 Å². The van der Waals surface area contributed by atoms with Crippen LogP contribution in [0, 0.1) is 0 Å². The van der Waals surface area contributed by atoms with Crippen LogP contribution < -0.4 is 0 Å². The van der Waals surface area contributed by atoms with Gasteiger partial charge in [0.1, 0.15) is 17.7 Å². The number of hydrogen-bond donors (Lipinski definition) is 1. The number of carboxylic acids is 1. The zero-order valence-corrected chi connectivity index (χ0v) is 15.5. The Labute approximate surface area is 162 Å². The first-order valence-corrected chi connectivity index (χ1v) is 9.24. The number of benzene rings is 2. The topological polar surface area (TPSA) is 80.9 Å². The molecule has 4 rings (SSSR count). The molecule has 0 saturated heterocycles. The Morgan fingerprint density at radius 2 is 1.89 bits per heavy atom. The lowest BCUT2D eigenvalue weighted by Crippen LogP contribution is -2.06. The van der Waals surface area contributed by atoms with Gasteiger partial charge in [-0.3, -0.25) is 0 Å². The van der Waals surface area contributed by atoms with Crippen LogP contribution in [0.4, 0.5) is 0 Å². The Bertz CT molecular complexity index is 1130. The molecule has 0 saturated carbocycles. The number of rotatable bonds is 6. The summed E-state index contributed by atoms with van der Waals surface area (Å²) in [6, 6.07) is 15.0. The van der Waals surface area contributed by atoms with Crippen LogP contribution in [0.2, 0.25) is 0 Å². The maximum atomic E-state index is 11.5. The van der Waals surface area contributed by atoms with E-state index < -0.39 is 5.97 Å². The molecule has 2 heterocycles. The summed E-state index contributed by atoms with van der Waals surface area (Å²) in [6.45, 7) is 2.79. The summed E-state index contributed by atoms with van der Waals surface area (Å²) >= 11 is 0. The Morgan fingerprint density at radius 3 is 2.64 bits per heavy atom. The number of nitrogens with zero attached hydrogens (tertiary/aromatic N) is 4. The average molecular weight is 372 g/mol. The summed E-state index contributed by atoms with van der Waals surface area (Å²) in [5, 5.41) is 9.41. The quantitative estimate of drug-likeness (QED) is 0.549. The largest absolute Gasteiger partial charge is 0.478 e. The Hall–Kier alpha value is -3.54. The molecule has 0 bridgehead atoms. The molecular formula is C22H20N4O2. The number of imidazole rings is 1. The van der Waals surface area contributed by atoms with E-state index >= 15 is 0 Å². The third-order valence-corrected chi connectivity index (χ3v) is 4.73. The predicted octanol–water partition coefficient (Wildman–Crippen LogP) is 4.19. The fourth-order valence-corrected chi connectivity index (χ4v) is 3.40. The first kappa shape index (κ1) is 17.9. The van der Waals surface area contributed by atoms with Gasteiger partial charge in [-0.25, -0.2) is 19.7 Å². The number of aryl methyl sites for hydroxylation is 1. The van der Waals surface area contributed by atoms with Crippen LogP contribution in [0.25, 0.3) is 22.3 Å². The van der Waals surface area contributed by atoms with E-state index in [0.29, 0.717) is 17.7 Å². The van der Waals surface area contributed by atoms with Crippen LogP contribution in [0.5, 0.6) is 0 Å². The molecule has 0 aliphatic heterocycles. The Balaban J connectivity index is 1.67. The monoisotopic (exact) mass is 372 g/mol. The molecule has 28 heavy (non-hydrogen) atoms. The average Bonchev–Trinajstić information content (AvgIpc) is 3.06. The summed E-state index contributed by atoms with van der Waals surface area (Å²) in [5.74, 6) is 0.0757. The first-order chi connectivity index (χ1) is 13.7. The molecule has 0 aliphatic rings. The number of hydrogen-bond acceptors (Lipinski definition) is 4. The normalized spacial score (nSPS) is 11.0. The van der Waals surface area contributed by atoms with E-state index in [4.69, 9.17) is 0 Å². The van der Waals surface area contributed by atoms with E-state index in [9.17, 15) is 9.90 Å². The highest BCUT2D eigenvalue weighted by molar-refractivity contribution is 5.96. The second kappa shape index (κ2) is 7.60. The third-order valence-electron chi connectivity index (χ3n) is 4.73. The highest BCUT2D eigenvalue weighted by Gasteiger charge is 2.13. The molecule has 0 fully saturated rings. The van der Waals surface area contributed by atoms with Crippen LogP contribution in [0.3, 0.4) is 0 Å². The molecule has 4 aromatic rings. The molecule has 0 unspecified atom stereocenters. The van der Waals surface area contributed by atoms with Gasteiger partial charge in [0, 0.05) is 6.42 Å². The predicted molar refractivity (Wildman–Crippen MR) is 107 cm³/mol. The van der Waals surface area contributed by atoms with Crippen LogP contribution in [-0.2, 0) is 13.0 Å². The Morgan fingerprint density at radius 1 is 1.11 bits per heavy atom. The van der Waals surface area contributed by atoms with Crippen molar-refractivity contribution in [2.75, 3.05) is 0 Å². The Kier molecular flexibility index (Phi) is 4.85. The van der Waals surface area contributed by atoms with E-state index in [-0.39, 0.29) is 0 Å². The van der Waals surface area contributed by atoms with Gasteiger partial charge in [0.2, 0.25) is 0 Å². The minimum absolute atomic E-state index is 0.304. The summed E-state index contributed by atoms with van der Waals surface area (Å²) in [4.78, 5) is 24.6. The molecule has 2 aromatic heterocycles. The lowest BCUT2D eigenvalue weighted by molar-refractivity contribution is 0.0697. The van der Waals surface area contributed by atoms with Gasteiger partial charge < -0.3 is 9.67 Å². The molecule has 6 nitrogen and oxygen atoms in total. The first-order valence-electron chi connectivity index (χ1n) is 9.24. The molecule has 1 N–H and O–H groups in total. The number of aromatic nitrogens is 4. The van der Waals surface area contributed by atoms with E-state index in [1.54, 1.807) is 24.7 Å². The summed E-state index contributed by atoms with van der Waals surface area (Å²) in [6.07, 6.45) is 5.16. The van der Waals surface area contributed by atoms with Gasteiger partial charge in [0.25, 0.3) is 0 Å². The maximum Gasteiger partial charge on any atom is 0.336 e. The standard InChI is InChI=1S/C22H20N4O2/c1-2-5-20-25-19-12-23-14-24-21(19)26(20)13-15-8-10-16(11-9-15)17-6-3-4-7-18(17)22(27)28/h3-4,6-12,14H,2,5,13H2,1H3,(H,27,28). The van der Waals surface area contributed by atoms with E-state index in [2.05, 4.69) is 26.4 Å². The van der Waals surface area contributed by atoms with Crippen molar-refractivity contribution in [2.24, 2.45) is 0 Å². The van der Waals surface area contributed by atoms with Crippen LogP contribution >= 0.6 is 0 Å². The summed E-state index contributed by atoms with van der Waals surface area (Å²) < 4.78 is 2.13. The van der Waals surface area contributed by atoms with E-state index in [1.165, 1.54) is 0 Å². The second-order valence-electron chi connectivity index (χ2n) is 6.64. The highest BCUT2D eigenvalue weighted by atomic mass is 16.4.